The number of fused-ring (bicyclic) bond motifs is 1. The SMILES string of the molecule is CCOc1ccc(-n2c(C(CC)N(CC(C)C)C(=O)Nc3ccc(Br)cc3)nc3ccccc3c2=O)cc1. The predicted molar refractivity (Wildman–Crippen MR) is 156 cm³/mol. The summed E-state index contributed by atoms with van der Waals surface area (Å²) in [7, 11) is 0. The van der Waals surface area contributed by atoms with E-state index in [9.17, 15) is 9.59 Å². The summed E-state index contributed by atoms with van der Waals surface area (Å²) in [4.78, 5) is 34.3. The van der Waals surface area contributed by atoms with Gasteiger partial charge in [0.15, 0.2) is 0 Å². The van der Waals surface area contributed by atoms with Gasteiger partial charge in [0.1, 0.15) is 11.6 Å². The number of carbonyl (C=O) groups is 1. The first-order valence-electron chi connectivity index (χ1n) is 12.9. The largest absolute Gasteiger partial charge is 0.494 e. The first-order valence-corrected chi connectivity index (χ1v) is 13.7. The summed E-state index contributed by atoms with van der Waals surface area (Å²) >= 11 is 3.44. The maximum Gasteiger partial charge on any atom is 0.322 e. The lowest BCUT2D eigenvalue weighted by Gasteiger charge is -2.33. The summed E-state index contributed by atoms with van der Waals surface area (Å²) in [6.07, 6.45) is 0.572. The Morgan fingerprint density at radius 2 is 1.71 bits per heavy atom. The van der Waals surface area contributed by atoms with Gasteiger partial charge >= 0.3 is 6.03 Å². The number of carbonyl (C=O) groups excluding carboxylic acids is 1. The van der Waals surface area contributed by atoms with Gasteiger partial charge in [-0.1, -0.05) is 48.8 Å². The smallest absolute Gasteiger partial charge is 0.322 e. The molecule has 198 valence electrons. The predicted octanol–water partition coefficient (Wildman–Crippen LogP) is 7.19. The number of para-hydroxylation sites is 1. The summed E-state index contributed by atoms with van der Waals surface area (Å²) in [6.45, 7) is 9.12. The van der Waals surface area contributed by atoms with Crippen LogP contribution < -0.4 is 15.6 Å². The number of nitrogens with zero attached hydrogens (tertiary/aromatic N) is 3. The normalized spacial score (nSPS) is 11.9. The van der Waals surface area contributed by atoms with Crippen molar-refractivity contribution >= 4 is 38.6 Å². The molecule has 0 bridgehead atoms. The molecule has 0 aliphatic carbocycles. The highest BCUT2D eigenvalue weighted by Gasteiger charge is 2.30. The number of rotatable bonds is 9. The molecule has 1 N–H and O–H groups in total. The maximum absolute atomic E-state index is 13.9. The van der Waals surface area contributed by atoms with E-state index < -0.39 is 6.04 Å². The minimum atomic E-state index is -0.447. The fourth-order valence-corrected chi connectivity index (χ4v) is 4.76. The molecule has 7 nitrogen and oxygen atoms in total. The Balaban J connectivity index is 1.85. The van der Waals surface area contributed by atoms with Crippen molar-refractivity contribution in [1.29, 1.82) is 0 Å². The van der Waals surface area contributed by atoms with Crippen LogP contribution in [0.4, 0.5) is 10.5 Å². The molecular formula is C30H33BrN4O3. The number of hydrogen-bond acceptors (Lipinski definition) is 4. The van der Waals surface area contributed by atoms with Crippen molar-refractivity contribution in [2.75, 3.05) is 18.5 Å². The number of ether oxygens (including phenoxy) is 1. The zero-order chi connectivity index (χ0) is 27.2. The van der Waals surface area contributed by atoms with Crippen LogP contribution >= 0.6 is 15.9 Å². The Bertz CT molecular complexity index is 1450. The highest BCUT2D eigenvalue weighted by molar-refractivity contribution is 9.10. The van der Waals surface area contributed by atoms with E-state index in [1.165, 1.54) is 0 Å². The number of anilines is 1. The molecule has 0 radical (unpaired) electrons. The summed E-state index contributed by atoms with van der Waals surface area (Å²) in [5.41, 5.74) is 1.79. The molecule has 1 heterocycles. The molecule has 4 rings (SSSR count). The number of halogens is 1. The molecule has 3 aromatic carbocycles. The maximum atomic E-state index is 13.9. The van der Waals surface area contributed by atoms with E-state index in [2.05, 4.69) is 35.1 Å². The number of hydrogen-bond donors (Lipinski definition) is 1. The van der Waals surface area contributed by atoms with E-state index in [0.717, 1.165) is 10.2 Å². The highest BCUT2D eigenvalue weighted by Crippen LogP contribution is 2.28. The average molecular weight is 578 g/mol. The van der Waals surface area contributed by atoms with Crippen molar-refractivity contribution in [2.24, 2.45) is 5.92 Å². The average Bonchev–Trinajstić information content (AvgIpc) is 2.91. The number of benzene rings is 3. The summed E-state index contributed by atoms with van der Waals surface area (Å²) in [6, 6.07) is 21.5. The van der Waals surface area contributed by atoms with Crippen molar-refractivity contribution in [3.63, 3.8) is 0 Å². The third-order valence-electron chi connectivity index (χ3n) is 6.19. The van der Waals surface area contributed by atoms with Crippen molar-refractivity contribution in [3.8, 4) is 11.4 Å². The monoisotopic (exact) mass is 576 g/mol. The van der Waals surface area contributed by atoms with Crippen LogP contribution in [0.1, 0.15) is 46.0 Å². The number of amides is 2. The van der Waals surface area contributed by atoms with Crippen LogP contribution in [-0.4, -0.2) is 33.6 Å². The quantitative estimate of drug-likeness (QED) is 0.229. The second kappa shape index (κ2) is 12.3. The molecule has 0 saturated heterocycles. The summed E-state index contributed by atoms with van der Waals surface area (Å²) in [5, 5.41) is 3.55. The van der Waals surface area contributed by atoms with E-state index in [4.69, 9.17) is 9.72 Å². The Morgan fingerprint density at radius 1 is 1.03 bits per heavy atom. The van der Waals surface area contributed by atoms with E-state index in [1.807, 2.05) is 80.6 Å². The third kappa shape index (κ3) is 6.07. The molecule has 0 spiro atoms. The molecule has 0 fully saturated rings. The van der Waals surface area contributed by atoms with E-state index in [1.54, 1.807) is 15.5 Å². The summed E-state index contributed by atoms with van der Waals surface area (Å²) < 4.78 is 8.17. The van der Waals surface area contributed by atoms with Crippen molar-refractivity contribution in [3.05, 3.63) is 93.4 Å². The summed E-state index contributed by atoms with van der Waals surface area (Å²) in [5.74, 6) is 1.44. The second-order valence-electron chi connectivity index (χ2n) is 9.46. The van der Waals surface area contributed by atoms with Crippen molar-refractivity contribution in [2.45, 2.75) is 40.2 Å². The standard InChI is InChI=1S/C30H33BrN4O3/c1-5-27(34(19-20(3)4)30(37)32-22-13-11-21(31)12-14-22)28-33-26-10-8-7-9-25(26)29(36)35(28)23-15-17-24(18-16-23)38-6-2/h7-18,20,27H,5-6,19H2,1-4H3,(H,32,37). The Labute approximate surface area is 231 Å². The molecule has 4 aromatic rings. The zero-order valence-corrected chi connectivity index (χ0v) is 23.7. The minimum Gasteiger partial charge on any atom is -0.494 e. The van der Waals surface area contributed by atoms with E-state index >= 15 is 0 Å². The van der Waals surface area contributed by atoms with Gasteiger partial charge in [-0.25, -0.2) is 9.78 Å². The first kappa shape index (κ1) is 27.4. The van der Waals surface area contributed by atoms with Gasteiger partial charge in [0, 0.05) is 16.7 Å². The van der Waals surface area contributed by atoms with Crippen LogP contribution in [0.3, 0.4) is 0 Å². The third-order valence-corrected chi connectivity index (χ3v) is 6.72. The lowest BCUT2D eigenvalue weighted by atomic mass is 10.1. The van der Waals surface area contributed by atoms with Crippen LogP contribution in [0.5, 0.6) is 5.75 Å². The van der Waals surface area contributed by atoms with Crippen molar-refractivity contribution in [1.82, 2.24) is 14.5 Å². The Kier molecular flexibility index (Phi) is 8.84. The van der Waals surface area contributed by atoms with Crippen LogP contribution in [0.15, 0.2) is 82.1 Å². The number of urea groups is 1. The first-order chi connectivity index (χ1) is 18.3. The fraction of sp³-hybridized carbons (Fsp3) is 0.300. The van der Waals surface area contributed by atoms with Gasteiger partial charge < -0.3 is 15.0 Å². The molecule has 8 heteroatoms. The lowest BCUT2D eigenvalue weighted by Crippen LogP contribution is -2.42. The van der Waals surface area contributed by atoms with Crippen LogP contribution in [0, 0.1) is 5.92 Å². The molecule has 1 aromatic heterocycles. The molecule has 0 aliphatic heterocycles. The van der Waals surface area contributed by atoms with E-state index in [-0.39, 0.29) is 17.5 Å². The van der Waals surface area contributed by atoms with E-state index in [0.29, 0.717) is 47.7 Å². The van der Waals surface area contributed by atoms with Gasteiger partial charge in [0.2, 0.25) is 0 Å². The molecule has 0 saturated carbocycles. The van der Waals surface area contributed by atoms with Gasteiger partial charge in [0.05, 0.1) is 29.2 Å². The molecule has 2 amide bonds. The van der Waals surface area contributed by atoms with Gasteiger partial charge in [-0.05, 0) is 79.9 Å². The lowest BCUT2D eigenvalue weighted by molar-refractivity contribution is 0.171. The zero-order valence-electron chi connectivity index (χ0n) is 22.1. The second-order valence-corrected chi connectivity index (χ2v) is 10.4. The Morgan fingerprint density at radius 3 is 2.34 bits per heavy atom. The van der Waals surface area contributed by atoms with Gasteiger partial charge in [-0.2, -0.15) is 0 Å². The van der Waals surface area contributed by atoms with Gasteiger partial charge in [-0.3, -0.25) is 9.36 Å². The molecule has 0 aliphatic rings. The topological polar surface area (TPSA) is 76.5 Å². The number of nitrogens with one attached hydrogen (secondary N) is 1. The van der Waals surface area contributed by atoms with Crippen LogP contribution in [0.25, 0.3) is 16.6 Å². The molecule has 38 heavy (non-hydrogen) atoms. The molecule has 1 unspecified atom stereocenters. The fourth-order valence-electron chi connectivity index (χ4n) is 4.50. The van der Waals surface area contributed by atoms with Crippen LogP contribution in [-0.2, 0) is 0 Å². The van der Waals surface area contributed by atoms with Crippen molar-refractivity contribution < 1.29 is 9.53 Å². The van der Waals surface area contributed by atoms with Gasteiger partial charge in [0.25, 0.3) is 5.56 Å². The Hall–Kier alpha value is -3.65. The number of aromatic nitrogens is 2. The molecule has 1 atom stereocenters. The highest BCUT2D eigenvalue weighted by atomic mass is 79.9. The van der Waals surface area contributed by atoms with Gasteiger partial charge in [-0.15, -0.1) is 0 Å². The minimum absolute atomic E-state index is 0.175. The molecular weight excluding hydrogens is 544 g/mol. The van der Waals surface area contributed by atoms with Crippen LogP contribution in [0.2, 0.25) is 0 Å².